The third-order valence-electron chi connectivity index (χ3n) is 4.64. The van der Waals surface area contributed by atoms with Crippen LogP contribution in [-0.4, -0.2) is 56.2 Å². The van der Waals surface area contributed by atoms with Crippen molar-refractivity contribution in [2.75, 3.05) is 33.2 Å². The maximum absolute atomic E-state index is 6.04. The maximum Gasteiger partial charge on any atom is 0.191 e. The van der Waals surface area contributed by atoms with Crippen LogP contribution in [0.15, 0.2) is 47.5 Å². The van der Waals surface area contributed by atoms with E-state index in [0.29, 0.717) is 6.04 Å². The standard InChI is InChI=1S/C21H34N4O.HI/c1-5-19(26-20-9-7-6-8-10-20)15-23-21(22-4)24-18-11-13-25(14-12-18)16-17(2)3;/h6-10,18-19H,2,5,11-16H2,1,3-4H3,(H2,22,23,24);1H. The van der Waals surface area contributed by atoms with Gasteiger partial charge in [0.2, 0.25) is 0 Å². The van der Waals surface area contributed by atoms with Crippen molar-refractivity contribution in [1.82, 2.24) is 15.5 Å². The van der Waals surface area contributed by atoms with Crippen molar-refractivity contribution in [3.8, 4) is 5.75 Å². The highest BCUT2D eigenvalue weighted by Crippen LogP contribution is 2.13. The third kappa shape index (κ3) is 8.97. The molecule has 0 aromatic heterocycles. The fraction of sp³-hybridized carbons (Fsp3) is 0.571. The monoisotopic (exact) mass is 486 g/mol. The molecule has 1 aromatic carbocycles. The van der Waals surface area contributed by atoms with Gasteiger partial charge < -0.3 is 15.4 Å². The second kappa shape index (κ2) is 13.0. The van der Waals surface area contributed by atoms with E-state index in [1.165, 1.54) is 5.57 Å². The lowest BCUT2D eigenvalue weighted by Crippen LogP contribution is -2.50. The topological polar surface area (TPSA) is 48.9 Å². The Bertz CT molecular complexity index is 571. The molecule has 0 aliphatic carbocycles. The molecule has 5 nitrogen and oxygen atoms in total. The lowest BCUT2D eigenvalue weighted by molar-refractivity contribution is 0.198. The summed E-state index contributed by atoms with van der Waals surface area (Å²) in [6.07, 6.45) is 3.32. The first kappa shape index (κ1) is 23.8. The van der Waals surface area contributed by atoms with E-state index in [4.69, 9.17) is 4.74 Å². The molecule has 1 heterocycles. The Kier molecular flexibility index (Phi) is 11.4. The Labute approximate surface area is 181 Å². The van der Waals surface area contributed by atoms with E-state index >= 15 is 0 Å². The predicted molar refractivity (Wildman–Crippen MR) is 125 cm³/mol. The number of ether oxygens (including phenoxy) is 1. The van der Waals surface area contributed by atoms with Gasteiger partial charge in [0.15, 0.2) is 5.96 Å². The molecule has 1 aliphatic heterocycles. The summed E-state index contributed by atoms with van der Waals surface area (Å²) in [6, 6.07) is 10.5. The van der Waals surface area contributed by atoms with Crippen LogP contribution in [0.5, 0.6) is 5.75 Å². The van der Waals surface area contributed by atoms with Gasteiger partial charge in [-0.25, -0.2) is 0 Å². The number of hydrogen-bond acceptors (Lipinski definition) is 3. The zero-order valence-electron chi connectivity index (χ0n) is 16.9. The highest BCUT2D eigenvalue weighted by Gasteiger charge is 2.20. The Morgan fingerprint density at radius 1 is 1.30 bits per heavy atom. The third-order valence-corrected chi connectivity index (χ3v) is 4.64. The van der Waals surface area contributed by atoms with Crippen molar-refractivity contribution < 1.29 is 4.74 Å². The number of nitrogens with zero attached hydrogens (tertiary/aromatic N) is 2. The molecule has 152 valence electrons. The normalized spacial score (nSPS) is 16.9. The van der Waals surface area contributed by atoms with Gasteiger partial charge in [0.1, 0.15) is 11.9 Å². The van der Waals surface area contributed by atoms with Crippen LogP contribution < -0.4 is 15.4 Å². The van der Waals surface area contributed by atoms with Gasteiger partial charge >= 0.3 is 0 Å². The van der Waals surface area contributed by atoms with Gasteiger partial charge in [0, 0.05) is 32.7 Å². The van der Waals surface area contributed by atoms with Gasteiger partial charge in [-0.2, -0.15) is 0 Å². The minimum atomic E-state index is 0. The summed E-state index contributed by atoms with van der Waals surface area (Å²) in [7, 11) is 1.82. The molecule has 0 amide bonds. The molecule has 0 spiro atoms. The maximum atomic E-state index is 6.04. The van der Waals surface area contributed by atoms with Crippen LogP contribution in [0.2, 0.25) is 0 Å². The van der Waals surface area contributed by atoms with Gasteiger partial charge in [0.05, 0.1) is 6.54 Å². The predicted octanol–water partition coefficient (Wildman–Crippen LogP) is 3.67. The number of guanidine groups is 1. The van der Waals surface area contributed by atoms with Crippen molar-refractivity contribution in [2.45, 2.75) is 45.3 Å². The van der Waals surface area contributed by atoms with Gasteiger partial charge in [-0.05, 0) is 38.3 Å². The Balaban J connectivity index is 0.00000364. The summed E-state index contributed by atoms with van der Waals surface area (Å²) in [5.74, 6) is 1.77. The molecule has 1 atom stereocenters. The van der Waals surface area contributed by atoms with Crippen molar-refractivity contribution in [3.63, 3.8) is 0 Å². The fourth-order valence-electron chi connectivity index (χ4n) is 3.18. The Morgan fingerprint density at radius 2 is 1.96 bits per heavy atom. The number of piperidine rings is 1. The first-order valence-electron chi connectivity index (χ1n) is 9.66. The van der Waals surface area contributed by atoms with Crippen LogP contribution in [0.25, 0.3) is 0 Å². The molecule has 1 aromatic rings. The van der Waals surface area contributed by atoms with E-state index in [-0.39, 0.29) is 30.1 Å². The molecule has 1 saturated heterocycles. The van der Waals surface area contributed by atoms with Gasteiger partial charge in [0.25, 0.3) is 0 Å². The van der Waals surface area contributed by atoms with E-state index in [9.17, 15) is 0 Å². The number of likely N-dealkylation sites (tertiary alicyclic amines) is 1. The summed E-state index contributed by atoms with van der Waals surface area (Å²) in [4.78, 5) is 6.84. The van der Waals surface area contributed by atoms with Crippen LogP contribution in [-0.2, 0) is 0 Å². The van der Waals surface area contributed by atoms with Crippen molar-refractivity contribution in [3.05, 3.63) is 42.5 Å². The van der Waals surface area contributed by atoms with Gasteiger partial charge in [-0.3, -0.25) is 9.89 Å². The average Bonchev–Trinajstić information content (AvgIpc) is 2.65. The van der Waals surface area contributed by atoms with Crippen molar-refractivity contribution >= 4 is 29.9 Å². The molecule has 0 radical (unpaired) electrons. The number of rotatable bonds is 8. The summed E-state index contributed by atoms with van der Waals surface area (Å²) >= 11 is 0. The Hall–Kier alpha value is -1.28. The molecule has 1 fully saturated rings. The van der Waals surface area contributed by atoms with E-state index in [2.05, 4.69) is 41.0 Å². The summed E-state index contributed by atoms with van der Waals surface area (Å²) < 4.78 is 6.04. The van der Waals surface area contributed by atoms with Crippen molar-refractivity contribution in [1.29, 1.82) is 0 Å². The summed E-state index contributed by atoms with van der Waals surface area (Å²) in [6.45, 7) is 12.2. The average molecular weight is 486 g/mol. The number of benzene rings is 1. The van der Waals surface area contributed by atoms with Crippen LogP contribution in [0.3, 0.4) is 0 Å². The summed E-state index contributed by atoms with van der Waals surface area (Å²) in [5, 5.41) is 6.97. The molecular formula is C21H35IN4O. The van der Waals surface area contributed by atoms with E-state index in [1.807, 2.05) is 37.4 Å². The lowest BCUT2D eigenvalue weighted by atomic mass is 10.0. The zero-order valence-corrected chi connectivity index (χ0v) is 19.2. The molecule has 27 heavy (non-hydrogen) atoms. The molecule has 0 saturated carbocycles. The van der Waals surface area contributed by atoms with Crippen LogP contribution in [0, 0.1) is 0 Å². The second-order valence-electron chi connectivity index (χ2n) is 7.07. The zero-order chi connectivity index (χ0) is 18.8. The van der Waals surface area contributed by atoms with Crippen LogP contribution >= 0.6 is 24.0 Å². The molecule has 6 heteroatoms. The fourth-order valence-corrected chi connectivity index (χ4v) is 3.18. The lowest BCUT2D eigenvalue weighted by Gasteiger charge is -2.33. The van der Waals surface area contributed by atoms with E-state index in [1.54, 1.807) is 0 Å². The highest BCUT2D eigenvalue weighted by molar-refractivity contribution is 14.0. The number of aliphatic imine (C=N–C) groups is 1. The first-order chi connectivity index (χ1) is 12.6. The van der Waals surface area contributed by atoms with E-state index < -0.39 is 0 Å². The second-order valence-corrected chi connectivity index (χ2v) is 7.07. The largest absolute Gasteiger partial charge is 0.489 e. The Morgan fingerprint density at radius 3 is 2.52 bits per heavy atom. The van der Waals surface area contributed by atoms with Crippen molar-refractivity contribution in [2.24, 2.45) is 4.99 Å². The minimum absolute atomic E-state index is 0. The van der Waals surface area contributed by atoms with E-state index in [0.717, 1.165) is 57.2 Å². The molecule has 2 N–H and O–H groups in total. The molecule has 1 aliphatic rings. The quantitative estimate of drug-likeness (QED) is 0.255. The number of halogens is 1. The van der Waals surface area contributed by atoms with Gasteiger partial charge in [-0.15, -0.1) is 24.0 Å². The number of hydrogen-bond donors (Lipinski definition) is 2. The molecule has 1 unspecified atom stereocenters. The SMILES string of the molecule is C=C(C)CN1CCC(NC(=NC)NCC(CC)Oc2ccccc2)CC1.I. The van der Waals surface area contributed by atoms with Gasteiger partial charge in [-0.1, -0.05) is 37.3 Å². The van der Waals surface area contributed by atoms with Crippen LogP contribution in [0.1, 0.15) is 33.1 Å². The first-order valence-corrected chi connectivity index (χ1v) is 9.66. The molecule has 0 bridgehead atoms. The molecule has 2 rings (SSSR count). The smallest absolute Gasteiger partial charge is 0.191 e. The highest BCUT2D eigenvalue weighted by atomic mass is 127. The summed E-state index contributed by atoms with van der Waals surface area (Å²) in [5.41, 5.74) is 1.23. The number of nitrogens with one attached hydrogen (secondary N) is 2. The van der Waals surface area contributed by atoms with Crippen LogP contribution in [0.4, 0.5) is 0 Å². The minimum Gasteiger partial charge on any atom is -0.489 e. The number of para-hydroxylation sites is 1. The molecular weight excluding hydrogens is 451 g/mol.